The van der Waals surface area contributed by atoms with Gasteiger partial charge < -0.3 is 9.84 Å². The lowest BCUT2D eigenvalue weighted by atomic mass is 10.2. The van der Waals surface area contributed by atoms with Crippen LogP contribution in [0.4, 0.5) is 13.2 Å². The zero-order chi connectivity index (χ0) is 12.8. The van der Waals surface area contributed by atoms with E-state index in [1.54, 1.807) is 0 Å². The van der Waals surface area contributed by atoms with Gasteiger partial charge in [-0.2, -0.15) is 13.2 Å². The first-order valence-electron chi connectivity index (χ1n) is 5.18. The monoisotopic (exact) mass is 243 g/mol. The number of halogens is 3. The van der Waals surface area contributed by atoms with Crippen molar-refractivity contribution >= 4 is 0 Å². The molecule has 0 spiro atoms. The second kappa shape index (κ2) is 6.42. The van der Waals surface area contributed by atoms with E-state index >= 15 is 0 Å². The van der Waals surface area contributed by atoms with E-state index in [0.29, 0.717) is 0 Å². The van der Waals surface area contributed by atoms with Crippen molar-refractivity contribution in [2.45, 2.75) is 32.5 Å². The van der Waals surface area contributed by atoms with Gasteiger partial charge in [0.15, 0.2) is 0 Å². The molecule has 0 heterocycles. The van der Waals surface area contributed by atoms with Crippen molar-refractivity contribution in [2.75, 3.05) is 32.8 Å². The Kier molecular flexibility index (Phi) is 6.28. The highest BCUT2D eigenvalue weighted by Crippen LogP contribution is 2.16. The Balaban J connectivity index is 3.95. The van der Waals surface area contributed by atoms with Crippen LogP contribution in [0.1, 0.15) is 20.8 Å². The second-order valence-electron chi connectivity index (χ2n) is 4.58. The standard InChI is InChI=1S/C10H20F3NO2/c1-9(2,3)16-7-5-14(4-6-15)8-10(11,12)13/h15H,4-8H2,1-3H3. The molecule has 0 radical (unpaired) electrons. The highest BCUT2D eigenvalue weighted by atomic mass is 19.4. The van der Waals surface area contributed by atoms with Crippen LogP contribution < -0.4 is 0 Å². The van der Waals surface area contributed by atoms with Crippen LogP contribution in [0.3, 0.4) is 0 Å². The van der Waals surface area contributed by atoms with Crippen LogP contribution in [-0.4, -0.2) is 54.6 Å². The molecule has 16 heavy (non-hydrogen) atoms. The molecule has 0 rings (SSSR count). The molecule has 98 valence electrons. The molecule has 0 aromatic rings. The van der Waals surface area contributed by atoms with Crippen LogP contribution in [0.2, 0.25) is 0 Å². The van der Waals surface area contributed by atoms with Crippen molar-refractivity contribution in [3.05, 3.63) is 0 Å². The molecule has 0 aliphatic heterocycles. The smallest absolute Gasteiger partial charge is 0.395 e. The summed E-state index contributed by atoms with van der Waals surface area (Å²) in [5, 5.41) is 8.64. The number of rotatable bonds is 6. The molecule has 0 atom stereocenters. The van der Waals surface area contributed by atoms with Gasteiger partial charge in [0.2, 0.25) is 0 Å². The van der Waals surface area contributed by atoms with Crippen LogP contribution in [0.15, 0.2) is 0 Å². The Morgan fingerprint density at radius 2 is 1.69 bits per heavy atom. The Morgan fingerprint density at radius 3 is 2.06 bits per heavy atom. The zero-order valence-electron chi connectivity index (χ0n) is 9.97. The molecule has 0 amide bonds. The van der Waals surface area contributed by atoms with Crippen molar-refractivity contribution in [3.8, 4) is 0 Å². The first-order valence-corrected chi connectivity index (χ1v) is 5.18. The maximum absolute atomic E-state index is 12.1. The maximum atomic E-state index is 12.1. The fraction of sp³-hybridized carbons (Fsp3) is 1.00. The molecule has 1 N–H and O–H groups in total. The van der Waals surface area contributed by atoms with E-state index in [1.807, 2.05) is 20.8 Å². The first-order chi connectivity index (χ1) is 7.14. The van der Waals surface area contributed by atoms with E-state index < -0.39 is 12.7 Å². The quantitative estimate of drug-likeness (QED) is 0.770. The molecular weight excluding hydrogens is 223 g/mol. The molecule has 0 bridgehead atoms. The molecule has 0 aromatic heterocycles. The molecule has 0 saturated carbocycles. The summed E-state index contributed by atoms with van der Waals surface area (Å²) in [6, 6.07) is 0. The lowest BCUT2D eigenvalue weighted by Gasteiger charge is -2.25. The van der Waals surface area contributed by atoms with E-state index in [-0.39, 0.29) is 31.9 Å². The predicted octanol–water partition coefficient (Wildman–Crippen LogP) is 1.66. The van der Waals surface area contributed by atoms with E-state index in [1.165, 1.54) is 0 Å². The average molecular weight is 243 g/mol. The van der Waals surface area contributed by atoms with Crippen molar-refractivity contribution < 1.29 is 23.0 Å². The number of hydrogen-bond acceptors (Lipinski definition) is 3. The van der Waals surface area contributed by atoms with Crippen LogP contribution in [0.25, 0.3) is 0 Å². The molecule has 3 nitrogen and oxygen atoms in total. The fourth-order valence-corrected chi connectivity index (χ4v) is 1.15. The predicted molar refractivity (Wildman–Crippen MR) is 55.3 cm³/mol. The van der Waals surface area contributed by atoms with Crippen molar-refractivity contribution in [3.63, 3.8) is 0 Å². The summed E-state index contributed by atoms with van der Waals surface area (Å²) in [4.78, 5) is 1.13. The van der Waals surface area contributed by atoms with Crippen LogP contribution >= 0.6 is 0 Å². The molecule has 0 saturated heterocycles. The summed E-state index contributed by atoms with van der Waals surface area (Å²) in [6.45, 7) is 4.62. The summed E-state index contributed by atoms with van der Waals surface area (Å²) in [6.07, 6.45) is -4.24. The third-order valence-corrected chi connectivity index (χ3v) is 1.76. The number of hydrogen-bond donors (Lipinski definition) is 1. The zero-order valence-corrected chi connectivity index (χ0v) is 9.97. The van der Waals surface area contributed by atoms with Gasteiger partial charge in [0.1, 0.15) is 0 Å². The number of aliphatic hydroxyl groups excluding tert-OH is 1. The Bertz CT molecular complexity index is 189. The number of alkyl halides is 3. The third-order valence-electron chi connectivity index (χ3n) is 1.76. The Morgan fingerprint density at radius 1 is 1.12 bits per heavy atom. The van der Waals surface area contributed by atoms with Gasteiger partial charge in [-0.15, -0.1) is 0 Å². The highest BCUT2D eigenvalue weighted by Gasteiger charge is 2.30. The van der Waals surface area contributed by atoms with Gasteiger partial charge in [-0.3, -0.25) is 4.90 Å². The van der Waals surface area contributed by atoms with Gasteiger partial charge in [0.05, 0.1) is 25.4 Å². The minimum Gasteiger partial charge on any atom is -0.395 e. The van der Waals surface area contributed by atoms with Crippen LogP contribution in [0.5, 0.6) is 0 Å². The average Bonchev–Trinajstić information content (AvgIpc) is 1.98. The molecular formula is C10H20F3NO2. The molecule has 0 aliphatic rings. The minimum atomic E-state index is -4.24. The number of nitrogens with zero attached hydrogens (tertiary/aromatic N) is 1. The summed E-state index contributed by atoms with van der Waals surface area (Å²) in [7, 11) is 0. The summed E-state index contributed by atoms with van der Waals surface area (Å²) in [5.74, 6) is 0. The van der Waals surface area contributed by atoms with Gasteiger partial charge >= 0.3 is 6.18 Å². The van der Waals surface area contributed by atoms with Crippen molar-refractivity contribution in [1.82, 2.24) is 4.90 Å². The van der Waals surface area contributed by atoms with Crippen LogP contribution in [0, 0.1) is 0 Å². The van der Waals surface area contributed by atoms with Gasteiger partial charge in [0, 0.05) is 13.1 Å². The number of aliphatic hydroxyl groups is 1. The van der Waals surface area contributed by atoms with Gasteiger partial charge in [-0.1, -0.05) is 0 Å². The van der Waals surface area contributed by atoms with Crippen LogP contribution in [-0.2, 0) is 4.74 Å². The maximum Gasteiger partial charge on any atom is 0.401 e. The van der Waals surface area contributed by atoms with E-state index in [2.05, 4.69) is 0 Å². The minimum absolute atomic E-state index is 0.00696. The molecule has 6 heteroatoms. The molecule has 0 aliphatic carbocycles. The summed E-state index contributed by atoms with van der Waals surface area (Å²) in [5.41, 5.74) is -0.358. The highest BCUT2D eigenvalue weighted by molar-refractivity contribution is 4.65. The van der Waals surface area contributed by atoms with Gasteiger partial charge in [0.25, 0.3) is 0 Å². The topological polar surface area (TPSA) is 32.7 Å². The SMILES string of the molecule is CC(C)(C)OCCN(CCO)CC(F)(F)F. The van der Waals surface area contributed by atoms with E-state index in [9.17, 15) is 13.2 Å². The normalized spacial score (nSPS) is 13.5. The van der Waals surface area contributed by atoms with E-state index in [0.717, 1.165) is 4.90 Å². The van der Waals surface area contributed by atoms with Gasteiger partial charge in [-0.25, -0.2) is 0 Å². The summed E-state index contributed by atoms with van der Waals surface area (Å²) >= 11 is 0. The second-order valence-corrected chi connectivity index (χ2v) is 4.58. The Labute approximate surface area is 94.2 Å². The van der Waals surface area contributed by atoms with E-state index in [4.69, 9.17) is 9.84 Å². The van der Waals surface area contributed by atoms with Gasteiger partial charge in [-0.05, 0) is 20.8 Å². The summed E-state index contributed by atoms with van der Waals surface area (Å²) < 4.78 is 41.7. The largest absolute Gasteiger partial charge is 0.401 e. The fourth-order valence-electron chi connectivity index (χ4n) is 1.15. The van der Waals surface area contributed by atoms with Crippen molar-refractivity contribution in [2.24, 2.45) is 0 Å². The lowest BCUT2D eigenvalue weighted by molar-refractivity contribution is -0.149. The molecule has 0 fully saturated rings. The molecule has 0 aromatic carbocycles. The lowest BCUT2D eigenvalue weighted by Crippen LogP contribution is -2.39. The molecule has 0 unspecified atom stereocenters. The first kappa shape index (κ1) is 15.7. The number of ether oxygens (including phenoxy) is 1. The van der Waals surface area contributed by atoms with Crippen molar-refractivity contribution in [1.29, 1.82) is 0 Å². The third kappa shape index (κ3) is 10.2. The Hall–Kier alpha value is -0.330.